The first-order valence-electron chi connectivity index (χ1n) is 13.5. The van der Waals surface area contributed by atoms with Gasteiger partial charge in [-0.15, -0.1) is 26.3 Å². The van der Waals surface area contributed by atoms with Crippen LogP contribution < -0.4 is 24.8 Å². The number of alkyl halides is 9. The quantitative estimate of drug-likeness (QED) is 0.113. The summed E-state index contributed by atoms with van der Waals surface area (Å²) in [6.07, 6.45) is -15.2. The van der Waals surface area contributed by atoms with Crippen molar-refractivity contribution >= 4 is 12.0 Å². The molecule has 8 nitrogen and oxygen atoms in total. The Balaban J connectivity index is 2.12. The third kappa shape index (κ3) is 12.1. The molecule has 0 aliphatic carbocycles. The number of carbonyl (C=O) groups is 2. The van der Waals surface area contributed by atoms with E-state index in [0.29, 0.717) is 17.7 Å². The van der Waals surface area contributed by atoms with Gasteiger partial charge in [0.25, 0.3) is 0 Å². The van der Waals surface area contributed by atoms with Crippen LogP contribution in [0.1, 0.15) is 29.5 Å². The summed E-state index contributed by atoms with van der Waals surface area (Å²) >= 11 is 0. The number of esters is 1. The van der Waals surface area contributed by atoms with Crippen molar-refractivity contribution in [3.8, 4) is 17.2 Å². The van der Waals surface area contributed by atoms with Crippen LogP contribution in [0.4, 0.5) is 44.3 Å². The first-order chi connectivity index (χ1) is 21.9. The summed E-state index contributed by atoms with van der Waals surface area (Å²) in [4.78, 5) is 24.2. The molecule has 0 saturated carbocycles. The fourth-order valence-corrected chi connectivity index (χ4v) is 4.41. The lowest BCUT2D eigenvalue weighted by atomic mass is 9.77. The van der Waals surface area contributed by atoms with Gasteiger partial charge < -0.3 is 29.6 Å². The smallest absolute Gasteiger partial charge is 0.494 e. The molecule has 0 fully saturated rings. The lowest BCUT2D eigenvalue weighted by Gasteiger charge is -2.37. The van der Waals surface area contributed by atoms with Crippen LogP contribution in [-0.2, 0) is 21.5 Å². The second-order valence-corrected chi connectivity index (χ2v) is 9.83. The minimum Gasteiger partial charge on any atom is -0.494 e. The summed E-state index contributed by atoms with van der Waals surface area (Å²) < 4.78 is 136. The summed E-state index contributed by atoms with van der Waals surface area (Å²) in [6, 6.07) is 12.6. The molecule has 0 aliphatic rings. The first kappa shape index (κ1) is 36.6. The van der Waals surface area contributed by atoms with Gasteiger partial charge >= 0.3 is 30.9 Å². The highest BCUT2D eigenvalue weighted by molar-refractivity contribution is 5.76. The predicted molar refractivity (Wildman–Crippen MR) is 147 cm³/mol. The minimum atomic E-state index is -5.16. The number of carbonyl (C=O) groups excluding carboxylic acids is 2. The Kier molecular flexibility index (Phi) is 11.8. The van der Waals surface area contributed by atoms with Crippen molar-refractivity contribution in [3.05, 3.63) is 89.5 Å². The molecule has 0 unspecified atom stereocenters. The molecule has 0 bridgehead atoms. The van der Waals surface area contributed by atoms with E-state index in [9.17, 15) is 49.1 Å². The zero-order valence-corrected chi connectivity index (χ0v) is 24.3. The monoisotopic (exact) mass is 682 g/mol. The molecule has 0 heterocycles. The molecule has 3 aromatic rings. The van der Waals surface area contributed by atoms with Gasteiger partial charge in [0.05, 0.1) is 19.3 Å². The number of hydrogen-bond acceptors (Lipinski definition) is 6. The van der Waals surface area contributed by atoms with Gasteiger partial charge in [0.1, 0.15) is 23.8 Å². The van der Waals surface area contributed by atoms with E-state index in [1.807, 2.05) is 0 Å². The van der Waals surface area contributed by atoms with E-state index >= 15 is 0 Å². The molecule has 0 aromatic heterocycles. The molecular weight excluding hydrogens is 655 g/mol. The largest absolute Gasteiger partial charge is 0.573 e. The molecule has 3 rings (SSSR count). The maximum absolute atomic E-state index is 13.1. The highest BCUT2D eigenvalue weighted by atomic mass is 19.4. The van der Waals surface area contributed by atoms with E-state index < -0.39 is 60.9 Å². The molecule has 3 aromatic carbocycles. The van der Waals surface area contributed by atoms with E-state index in [-0.39, 0.29) is 24.2 Å². The van der Waals surface area contributed by atoms with Gasteiger partial charge in [-0.2, -0.15) is 13.2 Å². The van der Waals surface area contributed by atoms with Crippen LogP contribution in [0.15, 0.2) is 72.8 Å². The zero-order valence-electron chi connectivity index (χ0n) is 24.3. The Hall–Kier alpha value is -4.83. The molecule has 0 atom stereocenters. The van der Waals surface area contributed by atoms with Gasteiger partial charge in [0.2, 0.25) is 0 Å². The van der Waals surface area contributed by atoms with Crippen molar-refractivity contribution in [2.24, 2.45) is 0 Å². The lowest BCUT2D eigenvalue weighted by molar-refractivity contribution is -0.275. The summed E-state index contributed by atoms with van der Waals surface area (Å²) in [6.45, 7) is -1.68. The average Bonchev–Trinajstić information content (AvgIpc) is 2.97. The van der Waals surface area contributed by atoms with Crippen molar-refractivity contribution < 1.29 is 68.1 Å². The number of amides is 2. The second kappa shape index (κ2) is 15.2. The van der Waals surface area contributed by atoms with Crippen molar-refractivity contribution in [1.29, 1.82) is 0 Å². The number of methoxy groups -OCH3 is 1. The van der Waals surface area contributed by atoms with Crippen molar-refractivity contribution in [1.82, 2.24) is 10.6 Å². The highest BCUT2D eigenvalue weighted by Gasteiger charge is 2.40. The third-order valence-corrected chi connectivity index (χ3v) is 6.31. The Morgan fingerprint density at radius 1 is 0.723 bits per heavy atom. The van der Waals surface area contributed by atoms with Crippen LogP contribution in [-0.4, -0.2) is 51.2 Å². The summed E-state index contributed by atoms with van der Waals surface area (Å²) in [5.41, 5.74) is -2.20. The molecular formula is C30H27F9N2O6. The molecule has 2 amide bonds. The van der Waals surface area contributed by atoms with Gasteiger partial charge in [-0.3, -0.25) is 4.79 Å². The Morgan fingerprint density at radius 3 is 1.72 bits per heavy atom. The first-order valence-corrected chi connectivity index (χ1v) is 13.5. The second-order valence-electron chi connectivity index (χ2n) is 9.83. The summed E-state index contributed by atoms with van der Waals surface area (Å²) in [5, 5.41) is 3.95. The SMILES string of the molecule is COC(=O)CCCOc1ccc(CC(NC(=O)NCC(F)(F)F)(c2cccc(OC(F)(F)F)c2)c2cccc(OC(F)(F)F)c2)cc1. The Bertz CT molecular complexity index is 1430. The average molecular weight is 683 g/mol. The Labute approximate surface area is 261 Å². The minimum absolute atomic E-state index is 0.0907. The topological polar surface area (TPSA) is 95.1 Å². The molecule has 0 saturated heterocycles. The van der Waals surface area contributed by atoms with Crippen LogP contribution in [0, 0.1) is 0 Å². The van der Waals surface area contributed by atoms with Gasteiger partial charge in [-0.05, 0) is 59.5 Å². The predicted octanol–water partition coefficient (Wildman–Crippen LogP) is 7.16. The summed E-state index contributed by atoms with van der Waals surface area (Å²) in [5.74, 6) is -1.69. The third-order valence-electron chi connectivity index (χ3n) is 6.31. The van der Waals surface area contributed by atoms with E-state index in [1.165, 1.54) is 43.5 Å². The highest BCUT2D eigenvalue weighted by Crippen LogP contribution is 2.38. The molecule has 2 N–H and O–H groups in total. The zero-order chi connectivity index (χ0) is 34.9. The number of ether oxygens (including phenoxy) is 4. The van der Waals surface area contributed by atoms with Crippen LogP contribution in [0.5, 0.6) is 17.2 Å². The van der Waals surface area contributed by atoms with Gasteiger partial charge in [-0.25, -0.2) is 4.79 Å². The van der Waals surface area contributed by atoms with E-state index in [0.717, 1.165) is 36.4 Å². The van der Waals surface area contributed by atoms with E-state index in [2.05, 4.69) is 19.5 Å². The number of halogens is 9. The fraction of sp³-hybridized carbons (Fsp3) is 0.333. The van der Waals surface area contributed by atoms with Crippen molar-refractivity contribution in [3.63, 3.8) is 0 Å². The van der Waals surface area contributed by atoms with E-state index in [1.54, 1.807) is 5.32 Å². The van der Waals surface area contributed by atoms with Crippen LogP contribution in [0.25, 0.3) is 0 Å². The van der Waals surface area contributed by atoms with Crippen LogP contribution in [0.2, 0.25) is 0 Å². The summed E-state index contributed by atoms with van der Waals surface area (Å²) in [7, 11) is 1.23. The van der Waals surface area contributed by atoms with Crippen LogP contribution >= 0.6 is 0 Å². The molecule has 256 valence electrons. The fourth-order valence-electron chi connectivity index (χ4n) is 4.41. The number of urea groups is 1. The number of benzene rings is 3. The molecule has 47 heavy (non-hydrogen) atoms. The molecule has 0 aliphatic heterocycles. The van der Waals surface area contributed by atoms with Crippen molar-refractivity contribution in [2.45, 2.75) is 43.7 Å². The normalized spacial score (nSPS) is 12.2. The standard InChI is InChI=1S/C30H27F9N2O6/c1-44-25(42)9-4-14-45-22-12-10-19(11-13-22)17-27(41-26(43)40-18-28(31,32)33,20-5-2-7-23(15-20)46-29(34,35)36)21-6-3-8-24(16-21)47-30(37,38)39/h2-3,5-8,10-13,15-16H,4,9,14,17-18H2,1H3,(H2,40,41,43). The van der Waals surface area contributed by atoms with Gasteiger partial charge in [-0.1, -0.05) is 36.4 Å². The Morgan fingerprint density at radius 2 is 1.26 bits per heavy atom. The number of rotatable bonds is 13. The number of nitrogens with one attached hydrogen (secondary N) is 2. The number of hydrogen-bond donors (Lipinski definition) is 2. The van der Waals surface area contributed by atoms with E-state index in [4.69, 9.17) is 4.74 Å². The van der Waals surface area contributed by atoms with Crippen LogP contribution in [0.3, 0.4) is 0 Å². The van der Waals surface area contributed by atoms with Crippen molar-refractivity contribution in [2.75, 3.05) is 20.3 Å². The molecule has 17 heteroatoms. The molecule has 0 radical (unpaired) electrons. The maximum Gasteiger partial charge on any atom is 0.573 e. The van der Waals surface area contributed by atoms with Gasteiger partial charge in [0.15, 0.2) is 0 Å². The maximum atomic E-state index is 13.1. The lowest BCUT2D eigenvalue weighted by Crippen LogP contribution is -2.53. The molecule has 0 spiro atoms. The van der Waals surface area contributed by atoms with Gasteiger partial charge in [0, 0.05) is 12.8 Å².